The minimum atomic E-state index is -3.66. The molecule has 0 radical (unpaired) electrons. The quantitative estimate of drug-likeness (QED) is 0.389. The third-order valence-corrected chi connectivity index (χ3v) is 2.97. The summed E-state index contributed by atoms with van der Waals surface area (Å²) in [7, 11) is -3.66. The summed E-state index contributed by atoms with van der Waals surface area (Å²) < 4.78 is 22.5. The fourth-order valence-electron chi connectivity index (χ4n) is 0.994. The van der Waals surface area contributed by atoms with E-state index in [4.69, 9.17) is 10.9 Å². The van der Waals surface area contributed by atoms with Crippen LogP contribution in [0.3, 0.4) is 0 Å². The number of carboxylic acids is 1. The zero-order valence-electron chi connectivity index (χ0n) is 8.12. The van der Waals surface area contributed by atoms with E-state index in [1.807, 2.05) is 0 Å². The second-order valence-corrected chi connectivity index (χ2v) is 4.58. The average Bonchev–Trinajstić information content (AvgIpc) is 2.27. The first-order chi connectivity index (χ1) is 7.45. The van der Waals surface area contributed by atoms with Crippen molar-refractivity contribution in [1.82, 2.24) is 4.83 Å². The number of nitrogens with two attached hydrogens (primary N) is 1. The molecule has 0 heterocycles. The number of sulfonamides is 1. The van der Waals surface area contributed by atoms with Crippen molar-refractivity contribution in [2.75, 3.05) is 0 Å². The maximum Gasteiger partial charge on any atom is 0.328 e. The molecule has 0 aliphatic heterocycles. The predicted molar refractivity (Wildman–Crippen MR) is 57.6 cm³/mol. The largest absolute Gasteiger partial charge is 0.478 e. The van der Waals surface area contributed by atoms with Crippen LogP contribution in [0.4, 0.5) is 0 Å². The molecule has 1 aromatic rings. The summed E-state index contributed by atoms with van der Waals surface area (Å²) in [6.07, 6.45) is 2.32. The van der Waals surface area contributed by atoms with Gasteiger partial charge in [0.25, 0.3) is 10.0 Å². The second kappa shape index (κ2) is 4.88. The Balaban J connectivity index is 2.96. The molecule has 0 spiro atoms. The highest BCUT2D eigenvalue weighted by Gasteiger charge is 2.10. The zero-order valence-corrected chi connectivity index (χ0v) is 8.94. The molecule has 16 heavy (non-hydrogen) atoms. The molecule has 0 fully saturated rings. The molecule has 0 saturated heterocycles. The average molecular weight is 242 g/mol. The number of rotatable bonds is 4. The number of nitrogens with one attached hydrogen (secondary N) is 1. The first-order valence-corrected chi connectivity index (χ1v) is 5.67. The third-order valence-electron chi connectivity index (χ3n) is 1.76. The van der Waals surface area contributed by atoms with Gasteiger partial charge in [-0.25, -0.2) is 13.2 Å². The van der Waals surface area contributed by atoms with E-state index in [2.05, 4.69) is 0 Å². The van der Waals surface area contributed by atoms with Gasteiger partial charge < -0.3 is 5.11 Å². The van der Waals surface area contributed by atoms with E-state index < -0.39 is 16.0 Å². The molecule has 1 rings (SSSR count). The lowest BCUT2D eigenvalue weighted by Gasteiger charge is -2.01. The van der Waals surface area contributed by atoms with Crippen LogP contribution in [0.15, 0.2) is 35.2 Å². The smallest absolute Gasteiger partial charge is 0.328 e. The summed E-state index contributed by atoms with van der Waals surface area (Å²) in [4.78, 5) is 11.9. The molecule has 0 aliphatic rings. The van der Waals surface area contributed by atoms with Crippen molar-refractivity contribution in [2.24, 2.45) is 5.84 Å². The van der Waals surface area contributed by atoms with Gasteiger partial charge in [0.2, 0.25) is 0 Å². The maximum absolute atomic E-state index is 11.2. The van der Waals surface area contributed by atoms with E-state index in [1.165, 1.54) is 30.3 Å². The van der Waals surface area contributed by atoms with Gasteiger partial charge in [0.05, 0.1) is 4.90 Å². The monoisotopic (exact) mass is 242 g/mol. The number of aliphatic carboxylic acids is 1. The van der Waals surface area contributed by atoms with Crippen molar-refractivity contribution in [3.63, 3.8) is 0 Å². The second-order valence-electron chi connectivity index (χ2n) is 2.86. The van der Waals surface area contributed by atoms with Crippen molar-refractivity contribution in [1.29, 1.82) is 0 Å². The van der Waals surface area contributed by atoms with E-state index in [9.17, 15) is 13.2 Å². The Hall–Kier alpha value is -1.70. The molecule has 4 N–H and O–H groups in total. The highest BCUT2D eigenvalue weighted by atomic mass is 32.2. The van der Waals surface area contributed by atoms with Gasteiger partial charge in [0, 0.05) is 6.08 Å². The minimum Gasteiger partial charge on any atom is -0.478 e. The van der Waals surface area contributed by atoms with Crippen LogP contribution in [0.5, 0.6) is 0 Å². The molecule has 0 aromatic heterocycles. The van der Waals surface area contributed by atoms with Crippen LogP contribution >= 0.6 is 0 Å². The zero-order chi connectivity index (χ0) is 12.2. The van der Waals surface area contributed by atoms with E-state index >= 15 is 0 Å². The molecule has 0 amide bonds. The molecule has 7 heteroatoms. The SMILES string of the molecule is NNS(=O)(=O)c1ccc(C=CC(=O)O)cc1. The molecule has 0 unspecified atom stereocenters. The molecule has 6 nitrogen and oxygen atoms in total. The molecule has 1 aromatic carbocycles. The van der Waals surface area contributed by atoms with Gasteiger partial charge in [0.1, 0.15) is 0 Å². The summed E-state index contributed by atoms with van der Waals surface area (Å²) in [6, 6.07) is 5.61. The van der Waals surface area contributed by atoms with Crippen molar-refractivity contribution in [2.45, 2.75) is 4.90 Å². The van der Waals surface area contributed by atoms with E-state index in [1.54, 1.807) is 4.83 Å². The van der Waals surface area contributed by atoms with Crippen LogP contribution in [0.25, 0.3) is 6.08 Å². The van der Waals surface area contributed by atoms with E-state index in [0.717, 1.165) is 6.08 Å². The highest BCUT2D eigenvalue weighted by Crippen LogP contribution is 2.10. The Morgan fingerprint density at radius 2 is 1.88 bits per heavy atom. The highest BCUT2D eigenvalue weighted by molar-refractivity contribution is 7.89. The summed E-state index contributed by atoms with van der Waals surface area (Å²) in [5.41, 5.74) is 0.582. The fraction of sp³-hybridized carbons (Fsp3) is 0. The van der Waals surface area contributed by atoms with Crippen LogP contribution in [-0.2, 0) is 14.8 Å². The Labute approximate surface area is 92.4 Å². The Bertz CT molecular complexity index is 505. The van der Waals surface area contributed by atoms with Gasteiger partial charge in [-0.2, -0.15) is 4.83 Å². The number of hydrogen-bond acceptors (Lipinski definition) is 4. The standard InChI is InChI=1S/C9H10N2O4S/c10-11-16(14,15)8-4-1-7(2-5-8)3-6-9(12)13/h1-6,11H,10H2,(H,12,13). The summed E-state index contributed by atoms with van der Waals surface area (Å²) in [5, 5.41) is 8.39. The fourth-order valence-corrected chi connectivity index (χ4v) is 1.62. The van der Waals surface area contributed by atoms with Crippen molar-refractivity contribution in [3.05, 3.63) is 35.9 Å². The van der Waals surface area contributed by atoms with Gasteiger partial charge in [-0.05, 0) is 23.8 Å². The molecular formula is C9H10N2O4S. The lowest BCUT2D eigenvalue weighted by molar-refractivity contribution is -0.131. The van der Waals surface area contributed by atoms with Crippen LogP contribution < -0.4 is 10.7 Å². The van der Waals surface area contributed by atoms with Gasteiger partial charge in [0.15, 0.2) is 0 Å². The van der Waals surface area contributed by atoms with E-state index in [0.29, 0.717) is 5.56 Å². The molecule has 86 valence electrons. The first-order valence-electron chi connectivity index (χ1n) is 4.19. The Morgan fingerprint density at radius 3 is 2.31 bits per heavy atom. The summed E-state index contributed by atoms with van der Waals surface area (Å²) in [6.45, 7) is 0. The lowest BCUT2D eigenvalue weighted by atomic mass is 10.2. The number of carboxylic acid groups (broad SMARTS) is 1. The van der Waals surface area contributed by atoms with Gasteiger partial charge >= 0.3 is 5.97 Å². The normalized spacial score (nSPS) is 11.8. The molecule has 0 bridgehead atoms. The van der Waals surface area contributed by atoms with Crippen LogP contribution in [0.1, 0.15) is 5.56 Å². The first kappa shape index (κ1) is 12.4. The van der Waals surface area contributed by atoms with Crippen molar-refractivity contribution < 1.29 is 18.3 Å². The minimum absolute atomic E-state index is 0.0162. The van der Waals surface area contributed by atoms with Crippen molar-refractivity contribution in [3.8, 4) is 0 Å². The molecule has 0 aliphatic carbocycles. The molecular weight excluding hydrogens is 232 g/mol. The predicted octanol–water partition coefficient (Wildman–Crippen LogP) is -0.0636. The van der Waals surface area contributed by atoms with E-state index in [-0.39, 0.29) is 4.90 Å². The Morgan fingerprint density at radius 1 is 1.31 bits per heavy atom. The third kappa shape index (κ3) is 3.16. The summed E-state index contributed by atoms with van der Waals surface area (Å²) >= 11 is 0. The van der Waals surface area contributed by atoms with Gasteiger partial charge in [-0.1, -0.05) is 12.1 Å². The van der Waals surface area contributed by atoms with Crippen LogP contribution in [0.2, 0.25) is 0 Å². The number of benzene rings is 1. The summed E-state index contributed by atoms with van der Waals surface area (Å²) in [5.74, 6) is 3.78. The van der Waals surface area contributed by atoms with Crippen LogP contribution in [0, 0.1) is 0 Å². The van der Waals surface area contributed by atoms with Crippen LogP contribution in [-0.4, -0.2) is 19.5 Å². The maximum atomic E-state index is 11.2. The van der Waals surface area contributed by atoms with Gasteiger partial charge in [-0.3, -0.25) is 5.84 Å². The lowest BCUT2D eigenvalue weighted by Crippen LogP contribution is -2.30. The number of hydrogen-bond donors (Lipinski definition) is 3. The topological polar surface area (TPSA) is 109 Å². The molecule has 0 atom stereocenters. The van der Waals surface area contributed by atoms with Gasteiger partial charge in [-0.15, -0.1) is 0 Å². The Kier molecular flexibility index (Phi) is 3.78. The van der Waals surface area contributed by atoms with Crippen molar-refractivity contribution >= 4 is 22.1 Å². The number of carbonyl (C=O) groups is 1. The number of hydrazine groups is 1. The molecule has 0 saturated carbocycles.